The molecule has 0 saturated carbocycles. The van der Waals surface area contributed by atoms with E-state index in [1.165, 1.54) is 6.92 Å². The number of nitrogens with one attached hydrogen (secondary N) is 1. The first-order valence-corrected chi connectivity index (χ1v) is 2.55. The number of esters is 1. The quantitative estimate of drug-likeness (QED) is 0.465. The van der Waals surface area contributed by atoms with E-state index in [0.29, 0.717) is 6.61 Å². The zero-order chi connectivity index (χ0) is 6.41. The van der Waals surface area contributed by atoms with Crippen molar-refractivity contribution in [1.82, 2.24) is 5.32 Å². The molecule has 9 heavy (non-hydrogen) atoms. The Morgan fingerprint density at radius 3 is 2.56 bits per heavy atom. The predicted molar refractivity (Wildman–Crippen MR) is 37.8 cm³/mol. The SMILES string of the molecule is CNCCOC(C)=O.Cl. The molecule has 0 aromatic heterocycles. The highest BCUT2D eigenvalue weighted by Crippen LogP contribution is 1.71. The van der Waals surface area contributed by atoms with Gasteiger partial charge >= 0.3 is 5.97 Å². The number of carbonyl (C=O) groups is 1. The summed E-state index contributed by atoms with van der Waals surface area (Å²) in [7, 11) is 1.81. The van der Waals surface area contributed by atoms with Crippen LogP contribution >= 0.6 is 12.4 Å². The summed E-state index contributed by atoms with van der Waals surface area (Å²) in [6, 6.07) is 0. The first-order valence-electron chi connectivity index (χ1n) is 2.55. The van der Waals surface area contributed by atoms with Crippen LogP contribution in [0.15, 0.2) is 0 Å². The van der Waals surface area contributed by atoms with E-state index in [1.54, 1.807) is 0 Å². The number of likely N-dealkylation sites (N-methyl/N-ethyl adjacent to an activating group) is 1. The number of rotatable bonds is 3. The standard InChI is InChI=1S/C5H11NO2.ClH/c1-5(7)8-4-3-6-2;/h6H,3-4H2,1-2H3;1H. The van der Waals surface area contributed by atoms with Crippen molar-refractivity contribution in [3.8, 4) is 0 Å². The summed E-state index contributed by atoms with van der Waals surface area (Å²) in [6.07, 6.45) is 0. The summed E-state index contributed by atoms with van der Waals surface area (Å²) >= 11 is 0. The van der Waals surface area contributed by atoms with Gasteiger partial charge in [0, 0.05) is 13.5 Å². The van der Waals surface area contributed by atoms with Crippen molar-refractivity contribution in [2.24, 2.45) is 0 Å². The van der Waals surface area contributed by atoms with E-state index in [9.17, 15) is 4.79 Å². The van der Waals surface area contributed by atoms with Crippen molar-refractivity contribution in [1.29, 1.82) is 0 Å². The van der Waals surface area contributed by atoms with Crippen LogP contribution in [-0.2, 0) is 9.53 Å². The molecule has 0 aliphatic carbocycles. The molecule has 3 nitrogen and oxygen atoms in total. The fraction of sp³-hybridized carbons (Fsp3) is 0.800. The van der Waals surface area contributed by atoms with Crippen LogP contribution in [0.25, 0.3) is 0 Å². The van der Waals surface area contributed by atoms with Gasteiger partial charge in [-0.15, -0.1) is 12.4 Å². The Kier molecular flexibility index (Phi) is 9.87. The lowest BCUT2D eigenvalue weighted by Crippen LogP contribution is -2.15. The van der Waals surface area contributed by atoms with Crippen LogP contribution in [0.4, 0.5) is 0 Å². The fourth-order valence-electron chi connectivity index (χ4n) is 0.297. The molecule has 0 heterocycles. The molecule has 0 aliphatic heterocycles. The van der Waals surface area contributed by atoms with Crippen molar-refractivity contribution < 1.29 is 9.53 Å². The number of ether oxygens (including phenoxy) is 1. The molecule has 4 heteroatoms. The van der Waals surface area contributed by atoms with E-state index in [1.807, 2.05) is 7.05 Å². The normalized spacial score (nSPS) is 7.78. The van der Waals surface area contributed by atoms with E-state index < -0.39 is 0 Å². The van der Waals surface area contributed by atoms with Crippen molar-refractivity contribution in [3.63, 3.8) is 0 Å². The van der Waals surface area contributed by atoms with Gasteiger partial charge in [0.2, 0.25) is 0 Å². The molecule has 56 valence electrons. The second kappa shape index (κ2) is 7.72. The largest absolute Gasteiger partial charge is 0.465 e. The van der Waals surface area contributed by atoms with Crippen LogP contribution in [0.5, 0.6) is 0 Å². The molecule has 0 aliphatic rings. The van der Waals surface area contributed by atoms with E-state index in [-0.39, 0.29) is 18.4 Å². The summed E-state index contributed by atoms with van der Waals surface area (Å²) in [6.45, 7) is 2.58. The third-order valence-corrected chi connectivity index (χ3v) is 0.657. The highest BCUT2D eigenvalue weighted by atomic mass is 35.5. The molecule has 0 aromatic rings. The average Bonchev–Trinajstić information content (AvgIpc) is 1.66. The molecular formula is C5H12ClNO2. The topological polar surface area (TPSA) is 38.3 Å². The lowest BCUT2D eigenvalue weighted by Gasteiger charge is -1.97. The molecule has 0 atom stereocenters. The first kappa shape index (κ1) is 11.5. The van der Waals surface area contributed by atoms with Gasteiger partial charge in [-0.1, -0.05) is 0 Å². The zero-order valence-electron chi connectivity index (χ0n) is 5.64. The van der Waals surface area contributed by atoms with Gasteiger partial charge in [-0.3, -0.25) is 4.79 Å². The molecule has 0 bridgehead atoms. The van der Waals surface area contributed by atoms with Gasteiger partial charge in [0.1, 0.15) is 6.61 Å². The number of hydrogen-bond donors (Lipinski definition) is 1. The van der Waals surface area contributed by atoms with Crippen LogP contribution in [0, 0.1) is 0 Å². The molecule has 1 N–H and O–H groups in total. The molecule has 0 fully saturated rings. The van der Waals surface area contributed by atoms with Crippen LogP contribution in [0.2, 0.25) is 0 Å². The summed E-state index contributed by atoms with van der Waals surface area (Å²) in [5.41, 5.74) is 0. The molecule has 0 amide bonds. The maximum Gasteiger partial charge on any atom is 0.302 e. The van der Waals surface area contributed by atoms with Gasteiger partial charge in [-0.25, -0.2) is 0 Å². The monoisotopic (exact) mass is 153 g/mol. The lowest BCUT2D eigenvalue weighted by atomic mass is 10.7. The summed E-state index contributed by atoms with van der Waals surface area (Å²) in [4.78, 5) is 10.1. The first-order chi connectivity index (χ1) is 3.77. The van der Waals surface area contributed by atoms with E-state index in [4.69, 9.17) is 0 Å². The zero-order valence-corrected chi connectivity index (χ0v) is 6.46. The highest BCUT2D eigenvalue weighted by molar-refractivity contribution is 5.85. The van der Waals surface area contributed by atoms with E-state index in [2.05, 4.69) is 10.1 Å². The van der Waals surface area contributed by atoms with Crippen LogP contribution in [0.1, 0.15) is 6.92 Å². The second-order valence-electron chi connectivity index (χ2n) is 1.44. The summed E-state index contributed by atoms with van der Waals surface area (Å²) in [5.74, 6) is -0.222. The Bertz CT molecular complexity index is 77.4. The number of hydrogen-bond acceptors (Lipinski definition) is 3. The molecule has 0 spiro atoms. The molecular weight excluding hydrogens is 142 g/mol. The van der Waals surface area contributed by atoms with Crippen molar-refractivity contribution in [3.05, 3.63) is 0 Å². The van der Waals surface area contributed by atoms with Gasteiger partial charge in [-0.2, -0.15) is 0 Å². The van der Waals surface area contributed by atoms with Crippen LogP contribution in [-0.4, -0.2) is 26.2 Å². The van der Waals surface area contributed by atoms with E-state index in [0.717, 1.165) is 6.54 Å². The lowest BCUT2D eigenvalue weighted by molar-refractivity contribution is -0.140. The van der Waals surface area contributed by atoms with Crippen molar-refractivity contribution in [2.75, 3.05) is 20.2 Å². The van der Waals surface area contributed by atoms with Gasteiger partial charge < -0.3 is 10.1 Å². The molecule has 0 aromatic carbocycles. The molecule has 0 radical (unpaired) electrons. The fourth-order valence-corrected chi connectivity index (χ4v) is 0.297. The minimum absolute atomic E-state index is 0. The Balaban J connectivity index is 0. The van der Waals surface area contributed by atoms with Gasteiger partial charge in [0.25, 0.3) is 0 Å². The Hall–Kier alpha value is -0.280. The van der Waals surface area contributed by atoms with Crippen molar-refractivity contribution in [2.45, 2.75) is 6.92 Å². The maximum absolute atomic E-state index is 10.1. The minimum Gasteiger partial charge on any atom is -0.465 e. The molecule has 0 unspecified atom stereocenters. The van der Waals surface area contributed by atoms with Crippen LogP contribution in [0.3, 0.4) is 0 Å². The predicted octanol–water partition coefficient (Wildman–Crippen LogP) is 0.191. The maximum atomic E-state index is 10.1. The third-order valence-electron chi connectivity index (χ3n) is 0.657. The summed E-state index contributed by atoms with van der Waals surface area (Å²) < 4.78 is 4.58. The Morgan fingerprint density at radius 2 is 2.22 bits per heavy atom. The third kappa shape index (κ3) is 11.3. The summed E-state index contributed by atoms with van der Waals surface area (Å²) in [5, 5.41) is 2.85. The van der Waals surface area contributed by atoms with Gasteiger partial charge in [-0.05, 0) is 7.05 Å². The molecule has 0 saturated heterocycles. The van der Waals surface area contributed by atoms with E-state index >= 15 is 0 Å². The Morgan fingerprint density at radius 1 is 1.67 bits per heavy atom. The van der Waals surface area contributed by atoms with Crippen LogP contribution < -0.4 is 5.32 Å². The second-order valence-corrected chi connectivity index (χ2v) is 1.44. The minimum atomic E-state index is -0.222. The van der Waals surface area contributed by atoms with Crippen molar-refractivity contribution >= 4 is 18.4 Å². The highest BCUT2D eigenvalue weighted by Gasteiger charge is 1.87. The Labute approximate surface area is 61.2 Å². The smallest absolute Gasteiger partial charge is 0.302 e. The average molecular weight is 154 g/mol. The number of halogens is 1. The molecule has 0 rings (SSSR count). The van der Waals surface area contributed by atoms with Gasteiger partial charge in [0.15, 0.2) is 0 Å². The van der Waals surface area contributed by atoms with Gasteiger partial charge in [0.05, 0.1) is 0 Å². The number of carbonyl (C=O) groups excluding carboxylic acids is 1.